The molecule has 0 saturated heterocycles. The zero-order valence-corrected chi connectivity index (χ0v) is 16.6. The van der Waals surface area contributed by atoms with Crippen LogP contribution in [0.3, 0.4) is 0 Å². The molecule has 1 N–H and O–H groups in total. The summed E-state index contributed by atoms with van der Waals surface area (Å²) in [5.74, 6) is 0.690. The quantitative estimate of drug-likeness (QED) is 0.630. The largest absolute Gasteiger partial charge is 0.493 e. The lowest BCUT2D eigenvalue weighted by Crippen LogP contribution is -2.13. The van der Waals surface area contributed by atoms with Gasteiger partial charge in [0.15, 0.2) is 11.5 Å². The molecule has 0 bridgehead atoms. The number of carbonyl (C=O) groups excluding carboxylic acids is 1. The number of aromatic nitrogens is 2. The van der Waals surface area contributed by atoms with Crippen molar-refractivity contribution in [3.05, 3.63) is 45.9 Å². The summed E-state index contributed by atoms with van der Waals surface area (Å²) in [5, 5.41) is 11.0. The first-order valence-corrected chi connectivity index (χ1v) is 8.62. The van der Waals surface area contributed by atoms with Crippen LogP contribution in [0, 0.1) is 0 Å². The molecule has 10 heteroatoms. The fourth-order valence-electron chi connectivity index (χ4n) is 2.43. The molecule has 1 heterocycles. The summed E-state index contributed by atoms with van der Waals surface area (Å²) in [7, 11) is 4.39. The normalized spacial score (nSPS) is 10.5. The van der Waals surface area contributed by atoms with Crippen molar-refractivity contribution >= 4 is 35.1 Å². The van der Waals surface area contributed by atoms with Gasteiger partial charge in [-0.05, 0) is 30.3 Å². The van der Waals surface area contributed by atoms with Gasteiger partial charge in [0, 0.05) is 10.6 Å². The molecule has 0 fully saturated rings. The van der Waals surface area contributed by atoms with Crippen LogP contribution in [0.1, 0.15) is 10.4 Å². The third-order valence-corrected chi connectivity index (χ3v) is 4.28. The van der Waals surface area contributed by atoms with Crippen LogP contribution in [0.15, 0.2) is 34.7 Å². The fourth-order valence-corrected chi connectivity index (χ4v) is 2.92. The lowest BCUT2D eigenvalue weighted by atomic mass is 10.1. The number of hydrogen-bond donors (Lipinski definition) is 1. The third kappa shape index (κ3) is 3.97. The van der Waals surface area contributed by atoms with Gasteiger partial charge < -0.3 is 18.6 Å². The highest BCUT2D eigenvalue weighted by atomic mass is 35.5. The van der Waals surface area contributed by atoms with Crippen molar-refractivity contribution in [2.75, 3.05) is 26.6 Å². The Hall–Kier alpha value is -2.97. The van der Waals surface area contributed by atoms with E-state index in [1.54, 1.807) is 18.2 Å². The van der Waals surface area contributed by atoms with Crippen molar-refractivity contribution in [1.82, 2.24) is 10.2 Å². The molecular weight excluding hydrogens is 409 g/mol. The van der Waals surface area contributed by atoms with Crippen LogP contribution in [0.2, 0.25) is 10.0 Å². The third-order valence-electron chi connectivity index (χ3n) is 3.73. The summed E-state index contributed by atoms with van der Waals surface area (Å²) < 4.78 is 21.2. The molecule has 0 saturated carbocycles. The number of methoxy groups -OCH3 is 3. The molecule has 2 aromatic carbocycles. The van der Waals surface area contributed by atoms with Gasteiger partial charge in [-0.2, -0.15) is 0 Å². The minimum Gasteiger partial charge on any atom is -0.493 e. The number of nitrogens with one attached hydrogen (secondary N) is 1. The van der Waals surface area contributed by atoms with Gasteiger partial charge in [0.2, 0.25) is 5.75 Å². The van der Waals surface area contributed by atoms with E-state index in [4.69, 9.17) is 41.8 Å². The number of halogens is 2. The van der Waals surface area contributed by atoms with Gasteiger partial charge in [0.1, 0.15) is 0 Å². The second-order valence-electron chi connectivity index (χ2n) is 5.40. The van der Waals surface area contributed by atoms with E-state index in [9.17, 15) is 4.79 Å². The Kier molecular flexibility index (Phi) is 5.91. The first-order chi connectivity index (χ1) is 13.5. The molecule has 8 nitrogen and oxygen atoms in total. The first-order valence-electron chi connectivity index (χ1n) is 7.87. The fraction of sp³-hybridized carbons (Fsp3) is 0.167. The van der Waals surface area contributed by atoms with Crippen molar-refractivity contribution < 1.29 is 23.4 Å². The van der Waals surface area contributed by atoms with Gasteiger partial charge in [-0.25, -0.2) is 0 Å². The van der Waals surface area contributed by atoms with Crippen molar-refractivity contribution in [1.29, 1.82) is 0 Å². The molecule has 1 amide bonds. The van der Waals surface area contributed by atoms with Gasteiger partial charge in [-0.15, -0.1) is 5.10 Å². The minimum atomic E-state index is -0.503. The molecule has 146 valence electrons. The van der Waals surface area contributed by atoms with E-state index >= 15 is 0 Å². The number of carbonyl (C=O) groups is 1. The Bertz CT molecular complexity index is 997. The minimum absolute atomic E-state index is 0.0974. The number of amides is 1. The Labute approximate surface area is 170 Å². The molecule has 0 radical (unpaired) electrons. The highest BCUT2D eigenvalue weighted by molar-refractivity contribution is 6.36. The van der Waals surface area contributed by atoms with E-state index in [0.717, 1.165) is 0 Å². The molecule has 0 spiro atoms. The van der Waals surface area contributed by atoms with Crippen LogP contribution in [0.4, 0.5) is 6.01 Å². The summed E-state index contributed by atoms with van der Waals surface area (Å²) in [6, 6.07) is 7.74. The van der Waals surface area contributed by atoms with E-state index in [2.05, 4.69) is 15.5 Å². The van der Waals surface area contributed by atoms with Crippen molar-refractivity contribution in [3.63, 3.8) is 0 Å². The highest BCUT2D eigenvalue weighted by Crippen LogP contribution is 2.38. The molecule has 3 aromatic rings. The number of hydrogen-bond acceptors (Lipinski definition) is 7. The lowest BCUT2D eigenvalue weighted by Gasteiger charge is -2.13. The van der Waals surface area contributed by atoms with E-state index in [-0.39, 0.29) is 17.5 Å². The van der Waals surface area contributed by atoms with Gasteiger partial charge in [-0.1, -0.05) is 28.3 Å². The standard InChI is InChI=1S/C18H15Cl2N3O5/c1-25-13-6-9(7-14(26-2)15(13)27-3)16(24)21-18-23-22-17(28-18)11-5-4-10(19)8-12(11)20/h4-8H,1-3H3,(H,21,23,24). The summed E-state index contributed by atoms with van der Waals surface area (Å²) >= 11 is 12.0. The second-order valence-corrected chi connectivity index (χ2v) is 6.25. The molecule has 0 unspecified atom stereocenters. The monoisotopic (exact) mass is 423 g/mol. The van der Waals surface area contributed by atoms with Crippen LogP contribution in [-0.2, 0) is 0 Å². The lowest BCUT2D eigenvalue weighted by molar-refractivity contribution is 0.102. The van der Waals surface area contributed by atoms with Gasteiger partial charge in [-0.3, -0.25) is 10.1 Å². The summed E-state index contributed by atoms with van der Waals surface area (Å²) in [6.07, 6.45) is 0. The molecule has 3 rings (SSSR count). The van der Waals surface area contributed by atoms with Gasteiger partial charge in [0.05, 0.1) is 31.9 Å². The van der Waals surface area contributed by atoms with Crippen LogP contribution in [0.25, 0.3) is 11.5 Å². The summed E-state index contributed by atoms with van der Waals surface area (Å²) in [5.41, 5.74) is 0.741. The average Bonchev–Trinajstić information content (AvgIpc) is 3.14. The molecule has 1 aromatic heterocycles. The molecule has 0 aliphatic rings. The maximum absolute atomic E-state index is 12.6. The second kappa shape index (κ2) is 8.37. The maximum atomic E-state index is 12.6. The van der Waals surface area contributed by atoms with Gasteiger partial charge in [0.25, 0.3) is 11.8 Å². The molecule has 0 aliphatic carbocycles. The zero-order chi connectivity index (χ0) is 20.3. The topological polar surface area (TPSA) is 95.7 Å². The molecule has 0 aliphatic heterocycles. The van der Waals surface area contributed by atoms with Crippen LogP contribution < -0.4 is 19.5 Å². The Morgan fingerprint density at radius 2 is 1.68 bits per heavy atom. The van der Waals surface area contributed by atoms with E-state index in [1.165, 1.54) is 33.5 Å². The van der Waals surface area contributed by atoms with Crippen molar-refractivity contribution in [3.8, 4) is 28.7 Å². The average molecular weight is 424 g/mol. The molecule has 0 atom stereocenters. The first kappa shape index (κ1) is 19.8. The summed E-state index contributed by atoms with van der Waals surface area (Å²) in [4.78, 5) is 12.6. The van der Waals surface area contributed by atoms with E-state index < -0.39 is 5.91 Å². The van der Waals surface area contributed by atoms with E-state index in [0.29, 0.717) is 32.9 Å². The molecule has 28 heavy (non-hydrogen) atoms. The molecular formula is C18H15Cl2N3O5. The van der Waals surface area contributed by atoms with Crippen molar-refractivity contribution in [2.45, 2.75) is 0 Å². The highest BCUT2D eigenvalue weighted by Gasteiger charge is 2.19. The predicted molar refractivity (Wildman–Crippen MR) is 104 cm³/mol. The summed E-state index contributed by atoms with van der Waals surface area (Å²) in [6.45, 7) is 0. The predicted octanol–water partition coefficient (Wildman–Crippen LogP) is 4.32. The number of anilines is 1. The zero-order valence-electron chi connectivity index (χ0n) is 15.1. The Morgan fingerprint density at radius 1 is 1.00 bits per heavy atom. The Balaban J connectivity index is 1.85. The Morgan fingerprint density at radius 3 is 2.25 bits per heavy atom. The maximum Gasteiger partial charge on any atom is 0.322 e. The number of nitrogens with zero attached hydrogens (tertiary/aromatic N) is 2. The number of benzene rings is 2. The SMILES string of the molecule is COc1cc(C(=O)Nc2nnc(-c3ccc(Cl)cc3Cl)o2)cc(OC)c1OC. The van der Waals surface area contributed by atoms with Crippen molar-refractivity contribution in [2.24, 2.45) is 0 Å². The van der Waals surface area contributed by atoms with Crippen LogP contribution in [0.5, 0.6) is 17.2 Å². The number of ether oxygens (including phenoxy) is 3. The number of rotatable bonds is 6. The smallest absolute Gasteiger partial charge is 0.322 e. The van der Waals surface area contributed by atoms with E-state index in [1.807, 2.05) is 0 Å². The van der Waals surface area contributed by atoms with Crippen LogP contribution >= 0.6 is 23.2 Å². The van der Waals surface area contributed by atoms with Gasteiger partial charge >= 0.3 is 6.01 Å². The van der Waals surface area contributed by atoms with Crippen LogP contribution in [-0.4, -0.2) is 37.4 Å².